The third kappa shape index (κ3) is 4.21. The van der Waals surface area contributed by atoms with Crippen LogP contribution in [0.15, 0.2) is 42.5 Å². The Morgan fingerprint density at radius 1 is 1.23 bits per heavy atom. The van der Waals surface area contributed by atoms with Gasteiger partial charge in [-0.25, -0.2) is 4.39 Å². The van der Waals surface area contributed by atoms with Crippen molar-refractivity contribution in [2.75, 3.05) is 17.2 Å². The summed E-state index contributed by atoms with van der Waals surface area (Å²) in [7, 11) is 0. The minimum atomic E-state index is -0.511. The molecule has 0 fully saturated rings. The van der Waals surface area contributed by atoms with Gasteiger partial charge in [-0.05, 0) is 35.7 Å². The second-order valence-corrected chi connectivity index (χ2v) is 5.68. The van der Waals surface area contributed by atoms with Gasteiger partial charge in [0.1, 0.15) is 5.82 Å². The van der Waals surface area contributed by atoms with Gasteiger partial charge in [0, 0.05) is 11.4 Å². The van der Waals surface area contributed by atoms with Crippen molar-refractivity contribution >= 4 is 28.9 Å². The molecular weight excluding hydrogens is 303 g/mol. The van der Waals surface area contributed by atoms with E-state index < -0.39 is 5.82 Å². The van der Waals surface area contributed by atoms with Crippen LogP contribution in [0.4, 0.5) is 15.8 Å². The summed E-state index contributed by atoms with van der Waals surface area (Å²) in [5.74, 6) is -0.368. The topological polar surface area (TPSA) is 41.1 Å². The zero-order valence-electron chi connectivity index (χ0n) is 12.5. The Kier molecular flexibility index (Phi) is 5.39. The molecule has 2 rings (SSSR count). The van der Waals surface area contributed by atoms with E-state index in [0.717, 1.165) is 11.3 Å². The fourth-order valence-electron chi connectivity index (χ4n) is 2.12. The van der Waals surface area contributed by atoms with Gasteiger partial charge in [-0.2, -0.15) is 0 Å². The van der Waals surface area contributed by atoms with E-state index in [2.05, 4.69) is 24.5 Å². The van der Waals surface area contributed by atoms with Gasteiger partial charge in [0.05, 0.1) is 11.6 Å². The first-order valence-corrected chi connectivity index (χ1v) is 7.43. The summed E-state index contributed by atoms with van der Waals surface area (Å²) >= 11 is 5.68. The van der Waals surface area contributed by atoms with Crippen molar-refractivity contribution in [2.24, 2.45) is 0 Å². The Morgan fingerprint density at radius 2 is 1.95 bits per heavy atom. The predicted molar refractivity (Wildman–Crippen MR) is 89.1 cm³/mol. The lowest BCUT2D eigenvalue weighted by Crippen LogP contribution is -2.22. The Morgan fingerprint density at radius 3 is 2.64 bits per heavy atom. The minimum absolute atomic E-state index is 0.0177. The fourth-order valence-corrected chi connectivity index (χ4v) is 2.30. The molecule has 0 spiro atoms. The van der Waals surface area contributed by atoms with Crippen LogP contribution in [0.1, 0.15) is 25.3 Å². The monoisotopic (exact) mass is 320 g/mol. The van der Waals surface area contributed by atoms with E-state index in [4.69, 9.17) is 11.6 Å². The van der Waals surface area contributed by atoms with Crippen molar-refractivity contribution < 1.29 is 9.18 Å². The maximum absolute atomic E-state index is 13.1. The van der Waals surface area contributed by atoms with Crippen LogP contribution in [0, 0.1) is 5.82 Å². The predicted octanol–water partition coefficient (Wildman–Crippen LogP) is 4.65. The van der Waals surface area contributed by atoms with Crippen LogP contribution in [-0.2, 0) is 4.79 Å². The van der Waals surface area contributed by atoms with Gasteiger partial charge < -0.3 is 10.6 Å². The molecule has 3 nitrogen and oxygen atoms in total. The standard InChI is InChI=1S/C17H18ClFN2O/c1-11(2)13-5-3-4-6-16(13)20-10-17(22)21-12-7-8-15(19)14(18)9-12/h3-9,11,20H,10H2,1-2H3,(H,21,22). The molecule has 2 aromatic rings. The number of nitrogens with one attached hydrogen (secondary N) is 2. The molecule has 0 heterocycles. The molecule has 116 valence electrons. The third-order valence-electron chi connectivity index (χ3n) is 3.23. The quantitative estimate of drug-likeness (QED) is 0.841. The summed E-state index contributed by atoms with van der Waals surface area (Å²) in [6.45, 7) is 4.32. The molecule has 0 saturated carbocycles. The molecule has 1 amide bonds. The van der Waals surface area contributed by atoms with Crippen LogP contribution < -0.4 is 10.6 Å². The van der Waals surface area contributed by atoms with E-state index in [1.54, 1.807) is 0 Å². The smallest absolute Gasteiger partial charge is 0.243 e. The molecular formula is C17H18ClFN2O. The van der Waals surface area contributed by atoms with Crippen molar-refractivity contribution in [1.82, 2.24) is 0 Å². The molecule has 0 saturated heterocycles. The van der Waals surface area contributed by atoms with Crippen LogP contribution >= 0.6 is 11.6 Å². The Hall–Kier alpha value is -2.07. The average molecular weight is 321 g/mol. The van der Waals surface area contributed by atoms with Gasteiger partial charge in [0.25, 0.3) is 0 Å². The van der Waals surface area contributed by atoms with Crippen LogP contribution in [0.3, 0.4) is 0 Å². The third-order valence-corrected chi connectivity index (χ3v) is 3.52. The minimum Gasteiger partial charge on any atom is -0.376 e. The SMILES string of the molecule is CC(C)c1ccccc1NCC(=O)Nc1ccc(F)c(Cl)c1. The van der Waals surface area contributed by atoms with E-state index >= 15 is 0 Å². The van der Waals surface area contributed by atoms with E-state index in [9.17, 15) is 9.18 Å². The van der Waals surface area contributed by atoms with Crippen LogP contribution in [0.2, 0.25) is 5.02 Å². The van der Waals surface area contributed by atoms with E-state index in [1.165, 1.54) is 18.2 Å². The Balaban J connectivity index is 1.97. The fraction of sp³-hybridized carbons (Fsp3) is 0.235. The summed E-state index contributed by atoms with van der Waals surface area (Å²) in [6.07, 6.45) is 0. The van der Waals surface area contributed by atoms with Gasteiger partial charge in [0.15, 0.2) is 0 Å². The highest BCUT2D eigenvalue weighted by atomic mass is 35.5. The zero-order valence-corrected chi connectivity index (χ0v) is 13.2. The number of benzene rings is 2. The Bertz CT molecular complexity index is 673. The molecule has 5 heteroatoms. The number of anilines is 2. The largest absolute Gasteiger partial charge is 0.376 e. The molecule has 0 aromatic heterocycles. The number of rotatable bonds is 5. The maximum atomic E-state index is 13.1. The number of hydrogen-bond donors (Lipinski definition) is 2. The summed E-state index contributed by atoms with van der Waals surface area (Å²) < 4.78 is 13.1. The molecule has 0 aliphatic rings. The summed E-state index contributed by atoms with van der Waals surface area (Å²) in [5.41, 5.74) is 2.56. The molecule has 2 aromatic carbocycles. The number of halogens is 2. The number of amides is 1. The van der Waals surface area contributed by atoms with E-state index in [0.29, 0.717) is 11.6 Å². The van der Waals surface area contributed by atoms with Gasteiger partial charge >= 0.3 is 0 Å². The summed E-state index contributed by atoms with van der Waals surface area (Å²) in [4.78, 5) is 12.0. The molecule has 0 aliphatic heterocycles. The maximum Gasteiger partial charge on any atom is 0.243 e. The Labute approximate surface area is 134 Å². The molecule has 0 unspecified atom stereocenters. The zero-order chi connectivity index (χ0) is 16.1. The summed E-state index contributed by atoms with van der Waals surface area (Å²) in [5, 5.41) is 5.78. The number of hydrogen-bond acceptors (Lipinski definition) is 2. The highest BCUT2D eigenvalue weighted by Crippen LogP contribution is 2.23. The highest BCUT2D eigenvalue weighted by Gasteiger charge is 2.08. The summed E-state index contributed by atoms with van der Waals surface area (Å²) in [6, 6.07) is 12.0. The normalized spacial score (nSPS) is 10.6. The number of carbonyl (C=O) groups excluding carboxylic acids is 1. The van der Waals surface area contributed by atoms with Crippen molar-refractivity contribution in [1.29, 1.82) is 0 Å². The average Bonchev–Trinajstić information content (AvgIpc) is 2.49. The number of carbonyl (C=O) groups is 1. The lowest BCUT2D eigenvalue weighted by Gasteiger charge is -2.14. The van der Waals surface area contributed by atoms with Crippen molar-refractivity contribution in [3.63, 3.8) is 0 Å². The first-order chi connectivity index (χ1) is 10.5. The molecule has 0 aliphatic carbocycles. The number of para-hydroxylation sites is 1. The lowest BCUT2D eigenvalue weighted by atomic mass is 10.0. The first kappa shape index (κ1) is 16.3. The first-order valence-electron chi connectivity index (χ1n) is 7.05. The van der Waals surface area contributed by atoms with Gasteiger partial charge in [-0.1, -0.05) is 43.6 Å². The van der Waals surface area contributed by atoms with Crippen LogP contribution in [0.25, 0.3) is 0 Å². The lowest BCUT2D eigenvalue weighted by molar-refractivity contribution is -0.114. The molecule has 0 atom stereocenters. The second-order valence-electron chi connectivity index (χ2n) is 5.27. The second kappa shape index (κ2) is 7.27. The highest BCUT2D eigenvalue weighted by molar-refractivity contribution is 6.31. The molecule has 22 heavy (non-hydrogen) atoms. The van der Waals surface area contributed by atoms with E-state index in [1.807, 2.05) is 24.3 Å². The van der Waals surface area contributed by atoms with Gasteiger partial charge in [-0.3, -0.25) is 4.79 Å². The molecule has 0 bridgehead atoms. The van der Waals surface area contributed by atoms with E-state index in [-0.39, 0.29) is 17.5 Å². The molecule has 2 N–H and O–H groups in total. The van der Waals surface area contributed by atoms with Gasteiger partial charge in [-0.15, -0.1) is 0 Å². The van der Waals surface area contributed by atoms with Crippen molar-refractivity contribution in [3.05, 3.63) is 58.9 Å². The van der Waals surface area contributed by atoms with Crippen molar-refractivity contribution in [2.45, 2.75) is 19.8 Å². The van der Waals surface area contributed by atoms with Crippen LogP contribution in [-0.4, -0.2) is 12.5 Å². The van der Waals surface area contributed by atoms with Crippen LogP contribution in [0.5, 0.6) is 0 Å². The van der Waals surface area contributed by atoms with Crippen molar-refractivity contribution in [3.8, 4) is 0 Å². The van der Waals surface area contributed by atoms with Gasteiger partial charge in [0.2, 0.25) is 5.91 Å². The molecule has 0 radical (unpaired) electrons.